The molecular weight excluding hydrogens is 358 g/mol. The number of carbonyl (C=O) groups is 3. The highest BCUT2D eigenvalue weighted by atomic mass is 16.6. The van der Waals surface area contributed by atoms with Crippen molar-refractivity contribution < 1.29 is 19.1 Å². The maximum Gasteiger partial charge on any atom is 0.407 e. The molecule has 0 saturated carbocycles. The van der Waals surface area contributed by atoms with E-state index >= 15 is 0 Å². The van der Waals surface area contributed by atoms with Crippen LogP contribution in [0.2, 0.25) is 0 Å². The van der Waals surface area contributed by atoms with E-state index in [1.54, 1.807) is 39.0 Å². The predicted molar refractivity (Wildman–Crippen MR) is 110 cm³/mol. The lowest BCUT2D eigenvalue weighted by molar-refractivity contribution is -0.117. The highest BCUT2D eigenvalue weighted by Crippen LogP contribution is 2.15. The minimum Gasteiger partial charge on any atom is -0.444 e. The fourth-order valence-electron chi connectivity index (χ4n) is 2.16. The van der Waals surface area contributed by atoms with Crippen molar-refractivity contribution in [1.82, 2.24) is 10.6 Å². The Labute approximate surface area is 166 Å². The Morgan fingerprint density at radius 2 is 1.79 bits per heavy atom. The van der Waals surface area contributed by atoms with E-state index < -0.39 is 11.7 Å². The number of hydrogen-bond acceptors (Lipinski definition) is 4. The molecule has 0 saturated heterocycles. The molecule has 0 aromatic heterocycles. The van der Waals surface area contributed by atoms with E-state index in [2.05, 4.69) is 16.0 Å². The van der Waals surface area contributed by atoms with E-state index in [4.69, 9.17) is 4.74 Å². The van der Waals surface area contributed by atoms with Crippen LogP contribution in [0.3, 0.4) is 0 Å². The Hall–Kier alpha value is -2.83. The largest absolute Gasteiger partial charge is 0.444 e. The van der Waals surface area contributed by atoms with E-state index in [1.165, 1.54) is 0 Å². The third-order valence-electron chi connectivity index (χ3n) is 3.70. The van der Waals surface area contributed by atoms with Gasteiger partial charge in [0, 0.05) is 31.3 Å². The topological polar surface area (TPSA) is 96.5 Å². The van der Waals surface area contributed by atoms with Crippen LogP contribution < -0.4 is 16.0 Å². The Kier molecular flexibility index (Phi) is 9.21. The Balaban J connectivity index is 2.52. The first-order chi connectivity index (χ1) is 13.1. The Bertz CT molecular complexity index is 721. The number of carbonyl (C=O) groups excluding carboxylic acids is 3. The van der Waals surface area contributed by atoms with Crippen LogP contribution in [0, 0.1) is 0 Å². The molecule has 0 radical (unpaired) electrons. The first kappa shape index (κ1) is 23.2. The number of alkyl carbamates (subject to hydrolysis) is 1. The molecule has 7 heteroatoms. The van der Waals surface area contributed by atoms with Gasteiger partial charge in [0.05, 0.1) is 0 Å². The van der Waals surface area contributed by atoms with Gasteiger partial charge in [-0.2, -0.15) is 0 Å². The summed E-state index contributed by atoms with van der Waals surface area (Å²) < 4.78 is 5.12. The number of allylic oxidation sites excluding steroid dienone is 1. The molecule has 3 amide bonds. The van der Waals surface area contributed by atoms with Crippen LogP contribution >= 0.6 is 0 Å². The molecule has 0 spiro atoms. The van der Waals surface area contributed by atoms with Crippen LogP contribution in [0.1, 0.15) is 53.0 Å². The van der Waals surface area contributed by atoms with Crippen LogP contribution in [0.15, 0.2) is 35.9 Å². The number of anilines is 1. The fourth-order valence-corrected chi connectivity index (χ4v) is 2.16. The molecule has 1 aromatic rings. The average molecular weight is 389 g/mol. The van der Waals surface area contributed by atoms with E-state index in [0.717, 1.165) is 17.6 Å². The van der Waals surface area contributed by atoms with Gasteiger partial charge in [-0.25, -0.2) is 4.79 Å². The SMILES string of the molecule is CC/C(C)=C/C(=O)NCc1ccccc1NC(=O)CCNC(=O)OC(C)(C)C. The standard InChI is InChI=1S/C21H31N3O4/c1-6-15(2)13-19(26)23-14-16-9-7-8-10-17(16)24-18(25)11-12-22-20(27)28-21(3,4)5/h7-10,13H,6,11-12,14H2,1-5H3,(H,22,27)(H,23,26)(H,24,25)/b15-13+. The molecule has 0 heterocycles. The molecule has 0 aliphatic heterocycles. The van der Waals surface area contributed by atoms with Gasteiger partial charge in [0.1, 0.15) is 5.60 Å². The number of benzene rings is 1. The van der Waals surface area contributed by atoms with Crippen molar-refractivity contribution in [1.29, 1.82) is 0 Å². The quantitative estimate of drug-likeness (QED) is 0.593. The van der Waals surface area contributed by atoms with Crippen molar-refractivity contribution in [2.75, 3.05) is 11.9 Å². The lowest BCUT2D eigenvalue weighted by Crippen LogP contribution is -2.34. The molecule has 7 nitrogen and oxygen atoms in total. The maximum atomic E-state index is 12.2. The number of nitrogens with one attached hydrogen (secondary N) is 3. The van der Waals surface area contributed by atoms with E-state index in [0.29, 0.717) is 12.2 Å². The van der Waals surface area contributed by atoms with Crippen molar-refractivity contribution in [3.8, 4) is 0 Å². The third kappa shape index (κ3) is 9.75. The van der Waals surface area contributed by atoms with Crippen molar-refractivity contribution in [2.45, 2.75) is 59.6 Å². The second kappa shape index (κ2) is 11.1. The van der Waals surface area contributed by atoms with Crippen LogP contribution in [-0.4, -0.2) is 30.1 Å². The lowest BCUT2D eigenvalue weighted by Gasteiger charge is -2.19. The average Bonchev–Trinajstić information content (AvgIpc) is 2.59. The Morgan fingerprint density at radius 1 is 1.11 bits per heavy atom. The molecule has 0 unspecified atom stereocenters. The summed E-state index contributed by atoms with van der Waals surface area (Å²) in [6.45, 7) is 9.68. The minimum absolute atomic E-state index is 0.109. The van der Waals surface area contributed by atoms with Gasteiger partial charge in [-0.15, -0.1) is 0 Å². The van der Waals surface area contributed by atoms with Gasteiger partial charge in [-0.1, -0.05) is 30.7 Å². The van der Waals surface area contributed by atoms with Crippen LogP contribution in [0.5, 0.6) is 0 Å². The summed E-state index contributed by atoms with van der Waals surface area (Å²) in [5.74, 6) is -0.404. The molecule has 3 N–H and O–H groups in total. The molecule has 154 valence electrons. The number of hydrogen-bond donors (Lipinski definition) is 3. The van der Waals surface area contributed by atoms with Crippen LogP contribution in [0.25, 0.3) is 0 Å². The summed E-state index contributed by atoms with van der Waals surface area (Å²) in [4.78, 5) is 35.6. The zero-order chi connectivity index (χ0) is 21.2. The van der Waals surface area contributed by atoms with Gasteiger partial charge in [0.25, 0.3) is 0 Å². The van der Waals surface area contributed by atoms with Gasteiger partial charge >= 0.3 is 6.09 Å². The van der Waals surface area contributed by atoms with Crippen LogP contribution in [0.4, 0.5) is 10.5 Å². The molecule has 1 aromatic carbocycles. The van der Waals surface area contributed by atoms with E-state index in [9.17, 15) is 14.4 Å². The van der Waals surface area contributed by atoms with Crippen LogP contribution in [-0.2, 0) is 20.9 Å². The highest BCUT2D eigenvalue weighted by molar-refractivity contribution is 5.92. The number of para-hydroxylation sites is 1. The summed E-state index contributed by atoms with van der Waals surface area (Å²) in [6.07, 6.45) is 1.94. The van der Waals surface area contributed by atoms with Crippen molar-refractivity contribution in [2.24, 2.45) is 0 Å². The highest BCUT2D eigenvalue weighted by Gasteiger charge is 2.16. The monoisotopic (exact) mass is 389 g/mol. The summed E-state index contributed by atoms with van der Waals surface area (Å²) in [5, 5.41) is 8.18. The molecule has 0 fully saturated rings. The second-order valence-electron chi connectivity index (χ2n) is 7.45. The lowest BCUT2D eigenvalue weighted by atomic mass is 10.1. The van der Waals surface area contributed by atoms with Gasteiger partial charge in [-0.05, 0) is 45.7 Å². The van der Waals surface area contributed by atoms with Crippen molar-refractivity contribution in [3.63, 3.8) is 0 Å². The first-order valence-electron chi connectivity index (χ1n) is 9.40. The van der Waals surface area contributed by atoms with Gasteiger partial charge in [0.2, 0.25) is 11.8 Å². The van der Waals surface area contributed by atoms with Gasteiger partial charge in [-0.3, -0.25) is 9.59 Å². The Morgan fingerprint density at radius 3 is 2.43 bits per heavy atom. The fraction of sp³-hybridized carbons (Fsp3) is 0.476. The molecule has 28 heavy (non-hydrogen) atoms. The zero-order valence-electron chi connectivity index (χ0n) is 17.3. The molecule has 1 rings (SSSR count). The molecular formula is C21H31N3O4. The predicted octanol–water partition coefficient (Wildman–Crippen LogP) is 3.51. The number of rotatable bonds is 8. The number of amides is 3. The molecule has 0 aliphatic carbocycles. The summed E-state index contributed by atoms with van der Waals surface area (Å²) in [6, 6.07) is 7.26. The van der Waals surface area contributed by atoms with E-state index in [-0.39, 0.29) is 24.8 Å². The van der Waals surface area contributed by atoms with Crippen molar-refractivity contribution >= 4 is 23.6 Å². The summed E-state index contributed by atoms with van der Waals surface area (Å²) in [5.41, 5.74) is 1.84. The number of ether oxygens (including phenoxy) is 1. The van der Waals surface area contributed by atoms with Gasteiger partial charge < -0.3 is 20.7 Å². The van der Waals surface area contributed by atoms with E-state index in [1.807, 2.05) is 26.0 Å². The minimum atomic E-state index is -0.583. The zero-order valence-corrected chi connectivity index (χ0v) is 17.3. The summed E-state index contributed by atoms with van der Waals surface area (Å²) >= 11 is 0. The summed E-state index contributed by atoms with van der Waals surface area (Å²) in [7, 11) is 0. The van der Waals surface area contributed by atoms with Gasteiger partial charge in [0.15, 0.2) is 0 Å². The smallest absolute Gasteiger partial charge is 0.407 e. The van der Waals surface area contributed by atoms with Crippen molar-refractivity contribution in [3.05, 3.63) is 41.5 Å². The molecule has 0 atom stereocenters. The molecule has 0 aliphatic rings. The molecule has 0 bridgehead atoms. The normalized spacial score (nSPS) is 11.5. The maximum absolute atomic E-state index is 12.2. The third-order valence-corrected chi connectivity index (χ3v) is 3.70. The second-order valence-corrected chi connectivity index (χ2v) is 7.45. The first-order valence-corrected chi connectivity index (χ1v) is 9.40.